The normalized spacial score (nSPS) is 9.94. The first-order valence-electron chi connectivity index (χ1n) is 11.7. The Balaban J connectivity index is 1.72. The van der Waals surface area contributed by atoms with Crippen molar-refractivity contribution < 1.29 is 67.6 Å². The zero-order valence-electron chi connectivity index (χ0n) is 20.6. The van der Waals surface area contributed by atoms with E-state index in [0.717, 1.165) is 36.8 Å². The van der Waals surface area contributed by atoms with E-state index in [1.54, 1.807) is 0 Å². The van der Waals surface area contributed by atoms with Gasteiger partial charge < -0.3 is 0 Å². The summed E-state index contributed by atoms with van der Waals surface area (Å²) in [5, 5.41) is 5.39. The van der Waals surface area contributed by atoms with Crippen LogP contribution in [0.5, 0.6) is 0 Å². The average Bonchev–Trinajstić information content (AvgIpc) is 2.89. The average molecular weight is 718 g/mol. The Morgan fingerprint density at radius 3 is 1.50 bits per heavy atom. The number of nitrogens with zero attached hydrogens (tertiary/aromatic N) is 2. The van der Waals surface area contributed by atoms with Gasteiger partial charge >= 0.3 is 236 Å². The van der Waals surface area contributed by atoms with Crippen LogP contribution in [0.15, 0.2) is 49.1 Å². The van der Waals surface area contributed by atoms with Gasteiger partial charge in [0.2, 0.25) is 0 Å². The van der Waals surface area contributed by atoms with Gasteiger partial charge in [-0.3, -0.25) is 0 Å². The molecular weight excluding hydrogens is 686 g/mol. The van der Waals surface area contributed by atoms with Crippen molar-refractivity contribution in [3.05, 3.63) is 49.1 Å². The molecular formula is C26H32I2N4O4. The zero-order chi connectivity index (χ0) is 25.8. The summed E-state index contributed by atoms with van der Waals surface area (Å²) in [5.74, 6) is 5.81. The van der Waals surface area contributed by atoms with Gasteiger partial charge in [-0.05, 0) is 0 Å². The van der Waals surface area contributed by atoms with E-state index in [4.69, 9.17) is 9.47 Å². The number of pyridine rings is 2. The molecule has 0 saturated carbocycles. The van der Waals surface area contributed by atoms with Crippen molar-refractivity contribution in [2.75, 3.05) is 26.3 Å². The van der Waals surface area contributed by atoms with E-state index in [1.165, 1.54) is 0 Å². The molecule has 2 aromatic rings. The molecule has 2 rings (SSSR count). The van der Waals surface area contributed by atoms with Crippen LogP contribution in [-0.2, 0) is 9.47 Å². The predicted octanol–water partition coefficient (Wildman–Crippen LogP) is -3.39. The van der Waals surface area contributed by atoms with Crippen molar-refractivity contribution in [3.8, 4) is 30.8 Å². The molecule has 8 nitrogen and oxygen atoms in total. The third kappa shape index (κ3) is 12.9. The van der Waals surface area contributed by atoms with Crippen LogP contribution in [0.1, 0.15) is 39.5 Å². The molecule has 10 heteroatoms. The van der Waals surface area contributed by atoms with Crippen LogP contribution >= 0.6 is 0 Å². The molecule has 0 aliphatic rings. The van der Waals surface area contributed by atoms with Crippen molar-refractivity contribution in [1.29, 1.82) is 0 Å². The van der Waals surface area contributed by atoms with Crippen LogP contribution in [0.25, 0.3) is 11.1 Å². The summed E-state index contributed by atoms with van der Waals surface area (Å²) < 4.78 is 20.4. The number of carbonyl (C=O) groups is 2. The van der Waals surface area contributed by atoms with E-state index in [0.29, 0.717) is 13.1 Å². The molecule has 0 bridgehead atoms. The van der Waals surface area contributed by atoms with Crippen molar-refractivity contribution >= 4 is 12.2 Å². The van der Waals surface area contributed by atoms with Crippen molar-refractivity contribution in [3.63, 3.8) is 0 Å². The van der Waals surface area contributed by atoms with E-state index in [1.807, 2.05) is 24.8 Å². The van der Waals surface area contributed by atoms with Crippen LogP contribution in [0.4, 0.5) is 9.59 Å². The molecule has 2 aromatic heterocycles. The third-order valence-corrected chi connectivity index (χ3v) is 8.13. The van der Waals surface area contributed by atoms with Gasteiger partial charge in [0, 0.05) is 0 Å². The summed E-state index contributed by atoms with van der Waals surface area (Å²) in [4.78, 5) is 22.9. The first-order chi connectivity index (χ1) is 17.6. The minimum atomic E-state index is -0.534. The van der Waals surface area contributed by atoms with Gasteiger partial charge in [-0.1, -0.05) is 0 Å². The molecule has 0 spiro atoms. The molecule has 0 unspecified atom stereocenters. The van der Waals surface area contributed by atoms with Gasteiger partial charge in [0.05, 0.1) is 0 Å². The molecule has 0 aromatic carbocycles. The van der Waals surface area contributed by atoms with Crippen molar-refractivity contribution in [2.24, 2.45) is 0 Å². The molecule has 0 radical (unpaired) electrons. The Labute approximate surface area is 234 Å². The fourth-order valence-corrected chi connectivity index (χ4v) is 5.06. The van der Waals surface area contributed by atoms with Crippen LogP contribution in [0.2, 0.25) is 0 Å². The number of amides is 2. The Morgan fingerprint density at radius 2 is 1.14 bits per heavy atom. The molecule has 2 amide bonds. The van der Waals surface area contributed by atoms with E-state index < -0.39 is 55.1 Å². The summed E-state index contributed by atoms with van der Waals surface area (Å²) in [6.45, 7) is 5.61. The molecule has 36 heavy (non-hydrogen) atoms. The molecule has 2 heterocycles. The van der Waals surface area contributed by atoms with Gasteiger partial charge in [-0.2, -0.15) is 0 Å². The second-order valence-corrected chi connectivity index (χ2v) is 11.6. The number of hydrogen-bond acceptors (Lipinski definition) is 4. The van der Waals surface area contributed by atoms with Crippen LogP contribution in [0.3, 0.4) is 0 Å². The number of nitrogens with one attached hydrogen (secondary N) is 2. The molecule has 0 atom stereocenters. The van der Waals surface area contributed by atoms with Crippen molar-refractivity contribution in [2.45, 2.75) is 39.5 Å². The molecule has 0 aliphatic carbocycles. The number of ether oxygens (including phenoxy) is 2. The fourth-order valence-electron chi connectivity index (χ4n) is 2.57. The second kappa shape index (κ2) is 18.7. The Morgan fingerprint density at radius 1 is 0.750 bits per heavy atom. The fraction of sp³-hybridized carbons (Fsp3) is 0.385. The maximum atomic E-state index is 11.5. The predicted molar refractivity (Wildman–Crippen MR) is 127 cm³/mol. The number of unbranched alkanes of at least 4 members (excludes halogenated alkanes) is 2. The summed E-state index contributed by atoms with van der Waals surface area (Å²) >= 11 is -1.07. The summed E-state index contributed by atoms with van der Waals surface area (Å²) in [7, 11) is 0. The molecule has 0 fully saturated rings. The van der Waals surface area contributed by atoms with Crippen LogP contribution in [-0.4, -0.2) is 38.5 Å². The molecule has 2 N–H and O–H groups in total. The SMILES string of the molecule is CCCCNC(=O)OCC#C[I-][n+]1ccc(-c2cc[n+]([I-]C#CCOC(=O)NCCCC)cc2)cc1. The van der Waals surface area contributed by atoms with Gasteiger partial charge in [0.1, 0.15) is 0 Å². The second-order valence-electron chi connectivity index (χ2n) is 7.29. The van der Waals surface area contributed by atoms with Crippen molar-refractivity contribution in [1.82, 2.24) is 10.6 Å². The van der Waals surface area contributed by atoms with E-state index in [9.17, 15) is 9.59 Å². The molecule has 194 valence electrons. The summed E-state index contributed by atoms with van der Waals surface area (Å²) in [5.41, 5.74) is 2.24. The molecule has 0 aliphatic heterocycles. The summed E-state index contributed by atoms with van der Waals surface area (Å²) in [6, 6.07) is 8.26. The standard InChI is InChI=1S/C26H32I2N4O4/c1-3-5-15-29-25(33)35-21-7-13-27-31-17-9-23(10-18-31)24-11-19-32(20-12-24)28-14-8-22-36-26(34)30-16-6-4-2/h9-12,17-20H,3-6,15-16,21-22H2,1-2H3,(H,29,33)(H,30,34). The van der Waals surface area contributed by atoms with Crippen LogP contribution < -0.4 is 59.2 Å². The quantitative estimate of drug-likeness (QED) is 0.145. The number of aromatic nitrogens is 2. The Hall–Kier alpha value is -2.58. The number of halogens is 2. The van der Waals surface area contributed by atoms with Gasteiger partial charge in [-0.15, -0.1) is 0 Å². The first-order valence-corrected chi connectivity index (χ1v) is 15.8. The number of carbonyl (C=O) groups excluding carboxylic acids is 2. The first kappa shape index (κ1) is 29.6. The van der Waals surface area contributed by atoms with E-state index in [-0.39, 0.29) is 13.2 Å². The zero-order valence-corrected chi connectivity index (χ0v) is 24.9. The number of hydrogen-bond donors (Lipinski definition) is 2. The number of alkyl carbamates (subject to hydrolysis) is 2. The van der Waals surface area contributed by atoms with E-state index >= 15 is 0 Å². The van der Waals surface area contributed by atoms with Gasteiger partial charge in [0.25, 0.3) is 0 Å². The van der Waals surface area contributed by atoms with Gasteiger partial charge in [-0.25, -0.2) is 0 Å². The number of rotatable bonds is 11. The third-order valence-electron chi connectivity index (χ3n) is 4.48. The Kier molecular flexibility index (Phi) is 15.4. The Bertz CT molecular complexity index is 984. The molecule has 0 saturated heterocycles. The monoisotopic (exact) mass is 718 g/mol. The maximum absolute atomic E-state index is 11.5. The summed E-state index contributed by atoms with van der Waals surface area (Å²) in [6.07, 6.45) is 11.2. The van der Waals surface area contributed by atoms with Crippen LogP contribution in [0, 0.1) is 19.7 Å². The topological polar surface area (TPSA) is 84.4 Å². The minimum absolute atomic E-state index is 0.106. The van der Waals surface area contributed by atoms with Gasteiger partial charge in [0.15, 0.2) is 0 Å². The van der Waals surface area contributed by atoms with E-state index in [2.05, 4.69) is 74.0 Å².